The molecule has 0 aliphatic carbocycles. The molecule has 1 aliphatic heterocycles. The van der Waals surface area contributed by atoms with Gasteiger partial charge in [0.25, 0.3) is 0 Å². The summed E-state index contributed by atoms with van der Waals surface area (Å²) in [5, 5.41) is 1.28. The van der Waals surface area contributed by atoms with E-state index in [9.17, 15) is 4.79 Å². The maximum absolute atomic E-state index is 11.0. The SMILES string of the molecule is CON1C(=O)N=CC(C)C1C. The second-order valence-corrected chi connectivity index (χ2v) is 2.67. The topological polar surface area (TPSA) is 41.9 Å². The molecule has 4 heteroatoms. The Hall–Kier alpha value is -0.900. The smallest absolute Gasteiger partial charge is 0.272 e. The van der Waals surface area contributed by atoms with E-state index in [0.717, 1.165) is 0 Å². The summed E-state index contributed by atoms with van der Waals surface area (Å²) in [6, 6.07) is -0.247. The average Bonchev–Trinajstić information content (AvgIpc) is 1.99. The van der Waals surface area contributed by atoms with Crippen molar-refractivity contribution in [3.8, 4) is 0 Å². The predicted octanol–water partition coefficient (Wildman–Crippen LogP) is 1.08. The molecule has 0 spiro atoms. The molecular formula is C7H12N2O2. The van der Waals surface area contributed by atoms with Gasteiger partial charge in [-0.3, -0.25) is 4.84 Å². The number of hydroxylamine groups is 2. The Morgan fingerprint density at radius 3 is 2.73 bits per heavy atom. The van der Waals surface area contributed by atoms with Crippen LogP contribution in [0.15, 0.2) is 4.99 Å². The number of amides is 2. The molecular weight excluding hydrogens is 144 g/mol. The number of urea groups is 1. The molecule has 11 heavy (non-hydrogen) atoms. The Morgan fingerprint density at radius 2 is 2.27 bits per heavy atom. The molecule has 0 bridgehead atoms. The van der Waals surface area contributed by atoms with Gasteiger partial charge in [0.15, 0.2) is 0 Å². The highest BCUT2D eigenvalue weighted by Gasteiger charge is 2.27. The van der Waals surface area contributed by atoms with Crippen LogP contribution >= 0.6 is 0 Å². The highest BCUT2D eigenvalue weighted by atomic mass is 16.7. The predicted molar refractivity (Wildman–Crippen MR) is 41.4 cm³/mol. The van der Waals surface area contributed by atoms with Crippen molar-refractivity contribution < 1.29 is 9.63 Å². The lowest BCUT2D eigenvalue weighted by atomic mass is 10.0. The molecule has 0 aromatic carbocycles. The van der Waals surface area contributed by atoms with E-state index < -0.39 is 0 Å². The van der Waals surface area contributed by atoms with Gasteiger partial charge in [0.05, 0.1) is 13.2 Å². The molecule has 4 nitrogen and oxygen atoms in total. The molecule has 0 aromatic heterocycles. The third-order valence-electron chi connectivity index (χ3n) is 1.94. The first-order chi connectivity index (χ1) is 5.16. The molecule has 2 unspecified atom stereocenters. The van der Waals surface area contributed by atoms with Crippen LogP contribution in [0.1, 0.15) is 13.8 Å². The average molecular weight is 156 g/mol. The second kappa shape index (κ2) is 3.00. The number of rotatable bonds is 1. The molecule has 0 aromatic rings. The van der Waals surface area contributed by atoms with Crippen LogP contribution in [-0.4, -0.2) is 30.5 Å². The molecule has 0 N–H and O–H groups in total. The Morgan fingerprint density at radius 1 is 1.64 bits per heavy atom. The van der Waals surface area contributed by atoms with Crippen molar-refractivity contribution in [3.05, 3.63) is 0 Å². The normalized spacial score (nSPS) is 31.2. The van der Waals surface area contributed by atoms with E-state index in [1.807, 2.05) is 13.8 Å². The van der Waals surface area contributed by atoms with Crippen molar-refractivity contribution >= 4 is 12.2 Å². The van der Waals surface area contributed by atoms with Crippen molar-refractivity contribution in [2.24, 2.45) is 10.9 Å². The van der Waals surface area contributed by atoms with Gasteiger partial charge >= 0.3 is 6.03 Å². The van der Waals surface area contributed by atoms with Gasteiger partial charge < -0.3 is 0 Å². The van der Waals surface area contributed by atoms with E-state index >= 15 is 0 Å². The van der Waals surface area contributed by atoms with Crippen LogP contribution < -0.4 is 0 Å². The molecule has 1 aliphatic rings. The fraction of sp³-hybridized carbons (Fsp3) is 0.714. The highest BCUT2D eigenvalue weighted by molar-refractivity contribution is 5.86. The molecule has 0 saturated heterocycles. The molecule has 0 saturated carbocycles. The van der Waals surface area contributed by atoms with E-state index in [2.05, 4.69) is 4.99 Å². The maximum Gasteiger partial charge on any atom is 0.367 e. The third-order valence-corrected chi connectivity index (χ3v) is 1.94. The largest absolute Gasteiger partial charge is 0.367 e. The number of carbonyl (C=O) groups is 1. The van der Waals surface area contributed by atoms with Gasteiger partial charge in [-0.2, -0.15) is 5.06 Å². The zero-order valence-electron chi connectivity index (χ0n) is 6.94. The first-order valence-corrected chi connectivity index (χ1v) is 3.58. The Bertz CT molecular complexity index is 191. The van der Waals surface area contributed by atoms with Crippen molar-refractivity contribution in [3.63, 3.8) is 0 Å². The molecule has 1 heterocycles. The van der Waals surface area contributed by atoms with Crippen LogP contribution in [0.25, 0.3) is 0 Å². The van der Waals surface area contributed by atoms with Gasteiger partial charge in [-0.15, -0.1) is 0 Å². The van der Waals surface area contributed by atoms with Gasteiger partial charge in [-0.05, 0) is 6.92 Å². The van der Waals surface area contributed by atoms with Gasteiger partial charge in [0.1, 0.15) is 0 Å². The van der Waals surface area contributed by atoms with Crippen LogP contribution in [0.3, 0.4) is 0 Å². The zero-order valence-corrected chi connectivity index (χ0v) is 6.94. The van der Waals surface area contributed by atoms with Gasteiger partial charge in [0, 0.05) is 12.1 Å². The number of hydrogen-bond acceptors (Lipinski definition) is 2. The molecule has 0 fully saturated rings. The highest BCUT2D eigenvalue weighted by Crippen LogP contribution is 2.14. The molecule has 2 atom stereocenters. The van der Waals surface area contributed by atoms with E-state index in [0.29, 0.717) is 0 Å². The quantitative estimate of drug-likeness (QED) is 0.570. The zero-order chi connectivity index (χ0) is 8.43. The van der Waals surface area contributed by atoms with Crippen molar-refractivity contribution in [1.29, 1.82) is 0 Å². The fourth-order valence-electron chi connectivity index (χ4n) is 0.995. The minimum absolute atomic E-state index is 0.0741. The van der Waals surface area contributed by atoms with Crippen LogP contribution in [-0.2, 0) is 4.84 Å². The summed E-state index contributed by atoms with van der Waals surface area (Å²) in [6.07, 6.45) is 1.66. The van der Waals surface area contributed by atoms with Gasteiger partial charge in [-0.1, -0.05) is 6.92 Å². The summed E-state index contributed by atoms with van der Waals surface area (Å²) in [7, 11) is 1.47. The first kappa shape index (κ1) is 8.20. The van der Waals surface area contributed by atoms with Crippen LogP contribution in [0, 0.1) is 5.92 Å². The molecule has 1 rings (SSSR count). The molecule has 0 radical (unpaired) electrons. The van der Waals surface area contributed by atoms with Gasteiger partial charge in [-0.25, -0.2) is 9.79 Å². The number of carbonyl (C=O) groups excluding carboxylic acids is 1. The third kappa shape index (κ3) is 1.40. The summed E-state index contributed by atoms with van der Waals surface area (Å²) in [6.45, 7) is 3.92. The fourth-order valence-corrected chi connectivity index (χ4v) is 0.995. The van der Waals surface area contributed by atoms with Crippen LogP contribution in [0.2, 0.25) is 0 Å². The molecule has 2 amide bonds. The van der Waals surface area contributed by atoms with Crippen LogP contribution in [0.5, 0.6) is 0 Å². The minimum Gasteiger partial charge on any atom is -0.272 e. The lowest BCUT2D eigenvalue weighted by Crippen LogP contribution is -2.43. The number of nitrogens with zero attached hydrogens (tertiary/aromatic N) is 2. The summed E-state index contributed by atoms with van der Waals surface area (Å²) in [5.74, 6) is 0.257. The van der Waals surface area contributed by atoms with Crippen molar-refractivity contribution in [2.75, 3.05) is 7.11 Å². The number of aliphatic imine (C=N–C) groups is 1. The maximum atomic E-state index is 11.0. The van der Waals surface area contributed by atoms with E-state index in [1.54, 1.807) is 6.21 Å². The lowest BCUT2D eigenvalue weighted by Gasteiger charge is -2.30. The van der Waals surface area contributed by atoms with Crippen molar-refractivity contribution in [1.82, 2.24) is 5.06 Å². The van der Waals surface area contributed by atoms with E-state index in [1.165, 1.54) is 12.2 Å². The monoisotopic (exact) mass is 156 g/mol. The Balaban J connectivity index is 2.78. The Kier molecular flexibility index (Phi) is 2.24. The minimum atomic E-state index is -0.321. The van der Waals surface area contributed by atoms with Crippen LogP contribution in [0.4, 0.5) is 4.79 Å². The first-order valence-electron chi connectivity index (χ1n) is 3.58. The number of hydrogen-bond donors (Lipinski definition) is 0. The van der Waals surface area contributed by atoms with E-state index in [-0.39, 0.29) is 18.0 Å². The lowest BCUT2D eigenvalue weighted by molar-refractivity contribution is -0.117. The van der Waals surface area contributed by atoms with E-state index in [4.69, 9.17) is 4.84 Å². The molecule has 62 valence electrons. The summed E-state index contributed by atoms with van der Waals surface area (Å²) < 4.78 is 0. The summed E-state index contributed by atoms with van der Waals surface area (Å²) >= 11 is 0. The standard InChI is InChI=1S/C7H12N2O2/c1-5-4-8-7(10)9(11-3)6(5)2/h4-6H,1-3H3. The Labute approximate surface area is 65.8 Å². The summed E-state index contributed by atoms with van der Waals surface area (Å²) in [4.78, 5) is 19.5. The second-order valence-electron chi connectivity index (χ2n) is 2.67. The summed E-state index contributed by atoms with van der Waals surface area (Å²) in [5.41, 5.74) is 0. The van der Waals surface area contributed by atoms with Crippen molar-refractivity contribution in [2.45, 2.75) is 19.9 Å². The van der Waals surface area contributed by atoms with Gasteiger partial charge in [0.2, 0.25) is 0 Å².